The van der Waals surface area contributed by atoms with E-state index in [1.165, 1.54) is 29.2 Å². The number of carbonyl (C=O) groups excluding carboxylic acids is 2. The van der Waals surface area contributed by atoms with Gasteiger partial charge in [-0.2, -0.15) is 0 Å². The monoisotopic (exact) mass is 597 g/mol. The van der Waals surface area contributed by atoms with Gasteiger partial charge in [0.2, 0.25) is 11.8 Å². The molecular formula is C31H36ClN3O5S. The number of hydrogen-bond acceptors (Lipinski definition) is 5. The fourth-order valence-electron chi connectivity index (χ4n) is 4.92. The lowest BCUT2D eigenvalue weighted by molar-refractivity contribution is -0.139. The van der Waals surface area contributed by atoms with E-state index in [1.54, 1.807) is 50.4 Å². The first-order valence-electron chi connectivity index (χ1n) is 13.7. The summed E-state index contributed by atoms with van der Waals surface area (Å²) in [5.74, 6) is -0.167. The molecule has 1 N–H and O–H groups in total. The molecule has 3 aromatic carbocycles. The largest absolute Gasteiger partial charge is 0.497 e. The molecule has 41 heavy (non-hydrogen) atoms. The van der Waals surface area contributed by atoms with Crippen molar-refractivity contribution in [2.45, 2.75) is 63.1 Å². The van der Waals surface area contributed by atoms with Gasteiger partial charge in [-0.25, -0.2) is 8.42 Å². The molecule has 1 atom stereocenters. The van der Waals surface area contributed by atoms with Gasteiger partial charge in [0.15, 0.2) is 0 Å². The molecule has 0 saturated heterocycles. The van der Waals surface area contributed by atoms with Crippen LogP contribution in [0.3, 0.4) is 0 Å². The summed E-state index contributed by atoms with van der Waals surface area (Å²) in [6, 6.07) is 19.2. The third-order valence-corrected chi connectivity index (χ3v) is 9.40. The Balaban J connectivity index is 1.68. The number of halogens is 1. The van der Waals surface area contributed by atoms with Gasteiger partial charge in [-0.1, -0.05) is 54.3 Å². The van der Waals surface area contributed by atoms with Crippen LogP contribution >= 0.6 is 11.6 Å². The van der Waals surface area contributed by atoms with Crippen molar-refractivity contribution in [3.05, 3.63) is 88.9 Å². The second-order valence-electron chi connectivity index (χ2n) is 10.3. The minimum absolute atomic E-state index is 0.00152. The Morgan fingerprint density at radius 3 is 2.32 bits per heavy atom. The topological polar surface area (TPSA) is 96.0 Å². The van der Waals surface area contributed by atoms with Crippen LogP contribution in [0.4, 0.5) is 5.69 Å². The number of nitrogens with one attached hydrogen (secondary N) is 1. The summed E-state index contributed by atoms with van der Waals surface area (Å²) in [6.07, 6.45) is 3.92. The van der Waals surface area contributed by atoms with Crippen molar-refractivity contribution in [1.29, 1.82) is 0 Å². The van der Waals surface area contributed by atoms with Crippen LogP contribution in [0.1, 0.15) is 43.7 Å². The number of nitrogens with zero attached hydrogens (tertiary/aromatic N) is 2. The van der Waals surface area contributed by atoms with E-state index >= 15 is 0 Å². The number of ether oxygens (including phenoxy) is 1. The van der Waals surface area contributed by atoms with E-state index < -0.39 is 28.5 Å². The van der Waals surface area contributed by atoms with Gasteiger partial charge in [-0.15, -0.1) is 0 Å². The number of amides is 2. The molecule has 4 rings (SSSR count). The molecule has 1 fully saturated rings. The van der Waals surface area contributed by atoms with E-state index in [4.69, 9.17) is 16.3 Å². The average Bonchev–Trinajstić information content (AvgIpc) is 3.48. The molecule has 1 saturated carbocycles. The highest BCUT2D eigenvalue weighted by Gasteiger charge is 2.33. The van der Waals surface area contributed by atoms with E-state index in [-0.39, 0.29) is 23.4 Å². The summed E-state index contributed by atoms with van der Waals surface area (Å²) in [7, 11) is -2.60. The van der Waals surface area contributed by atoms with Gasteiger partial charge in [0.1, 0.15) is 18.3 Å². The van der Waals surface area contributed by atoms with E-state index in [0.717, 1.165) is 41.1 Å². The maximum Gasteiger partial charge on any atom is 0.264 e. The fraction of sp³-hybridized carbons (Fsp3) is 0.355. The molecule has 1 aliphatic rings. The molecule has 8 nitrogen and oxygen atoms in total. The number of benzene rings is 3. The lowest BCUT2D eigenvalue weighted by Gasteiger charge is -2.32. The van der Waals surface area contributed by atoms with E-state index in [9.17, 15) is 18.0 Å². The number of anilines is 1. The van der Waals surface area contributed by atoms with Crippen molar-refractivity contribution in [3.63, 3.8) is 0 Å². The second-order valence-corrected chi connectivity index (χ2v) is 12.6. The average molecular weight is 598 g/mol. The lowest BCUT2D eigenvalue weighted by Crippen LogP contribution is -2.52. The maximum atomic E-state index is 14.1. The van der Waals surface area contributed by atoms with Gasteiger partial charge in [0.25, 0.3) is 10.0 Å². The van der Waals surface area contributed by atoms with Crippen LogP contribution in [-0.4, -0.2) is 50.9 Å². The van der Waals surface area contributed by atoms with Crippen LogP contribution in [0.15, 0.2) is 77.7 Å². The van der Waals surface area contributed by atoms with Crippen molar-refractivity contribution in [3.8, 4) is 5.75 Å². The van der Waals surface area contributed by atoms with Gasteiger partial charge < -0.3 is 15.0 Å². The van der Waals surface area contributed by atoms with Crippen LogP contribution in [0.25, 0.3) is 0 Å². The predicted octanol–water partition coefficient (Wildman–Crippen LogP) is 5.33. The third-order valence-electron chi connectivity index (χ3n) is 7.36. The Labute approximate surface area is 247 Å². The van der Waals surface area contributed by atoms with E-state index in [2.05, 4.69) is 5.32 Å². The summed E-state index contributed by atoms with van der Waals surface area (Å²) >= 11 is 6.01. The quantitative estimate of drug-likeness (QED) is 0.322. The van der Waals surface area contributed by atoms with Gasteiger partial charge in [-0.05, 0) is 80.8 Å². The Morgan fingerprint density at radius 2 is 1.68 bits per heavy atom. The Hall–Kier alpha value is -3.56. The number of hydrogen-bond donors (Lipinski definition) is 1. The van der Waals surface area contributed by atoms with Crippen LogP contribution in [0.2, 0.25) is 5.02 Å². The van der Waals surface area contributed by atoms with Crippen molar-refractivity contribution in [2.24, 2.45) is 0 Å². The molecule has 10 heteroatoms. The molecule has 0 aromatic heterocycles. The molecular weight excluding hydrogens is 562 g/mol. The number of aryl methyl sites for hydroxylation is 1. The van der Waals surface area contributed by atoms with Gasteiger partial charge >= 0.3 is 0 Å². The first-order valence-corrected chi connectivity index (χ1v) is 15.5. The summed E-state index contributed by atoms with van der Waals surface area (Å²) in [5, 5.41) is 3.47. The molecule has 0 unspecified atom stereocenters. The lowest BCUT2D eigenvalue weighted by atomic mass is 10.1. The zero-order valence-corrected chi connectivity index (χ0v) is 25.1. The highest BCUT2D eigenvalue weighted by molar-refractivity contribution is 7.92. The predicted molar refractivity (Wildman–Crippen MR) is 161 cm³/mol. The summed E-state index contributed by atoms with van der Waals surface area (Å²) in [4.78, 5) is 28.8. The van der Waals surface area contributed by atoms with Crippen LogP contribution in [-0.2, 0) is 26.2 Å². The SMILES string of the molecule is COc1cccc(CN(C(=O)CN(c2ccc(C)cc2)S(=O)(=O)c2ccc(Cl)cc2)[C@@H](C)C(=O)NC2CCCC2)c1. The van der Waals surface area contributed by atoms with Crippen LogP contribution in [0.5, 0.6) is 5.75 Å². The highest BCUT2D eigenvalue weighted by Crippen LogP contribution is 2.26. The van der Waals surface area contributed by atoms with Gasteiger partial charge in [-0.3, -0.25) is 13.9 Å². The Morgan fingerprint density at radius 1 is 1.02 bits per heavy atom. The van der Waals surface area contributed by atoms with E-state index in [1.807, 2.05) is 19.1 Å². The minimum atomic E-state index is -4.15. The molecule has 2 amide bonds. The minimum Gasteiger partial charge on any atom is -0.497 e. The standard InChI is InChI=1S/C31H36ClN3O5S/c1-22-11-15-27(16-12-22)35(41(38,39)29-17-13-25(32)14-18-29)21-30(36)34(20-24-7-6-10-28(19-24)40-3)23(2)31(37)33-26-8-4-5-9-26/h6-7,10-19,23,26H,4-5,8-9,20-21H2,1-3H3,(H,33,37)/t23-/m0/s1. The zero-order valence-electron chi connectivity index (χ0n) is 23.5. The summed E-state index contributed by atoms with van der Waals surface area (Å²) in [6.45, 7) is 3.16. The molecule has 1 aliphatic carbocycles. The molecule has 0 bridgehead atoms. The Bertz CT molecular complexity index is 1460. The van der Waals surface area contributed by atoms with E-state index in [0.29, 0.717) is 16.5 Å². The first-order chi connectivity index (χ1) is 19.6. The Kier molecular flexibility index (Phi) is 9.94. The zero-order chi connectivity index (χ0) is 29.6. The van der Waals surface area contributed by atoms with Crippen LogP contribution in [0, 0.1) is 6.92 Å². The summed E-state index contributed by atoms with van der Waals surface area (Å²) < 4.78 is 34.2. The molecule has 0 spiro atoms. The fourth-order valence-corrected chi connectivity index (χ4v) is 6.46. The third kappa shape index (κ3) is 7.59. The molecule has 0 radical (unpaired) electrons. The second kappa shape index (κ2) is 13.4. The molecule has 0 aliphatic heterocycles. The smallest absolute Gasteiger partial charge is 0.264 e. The van der Waals surface area contributed by atoms with Crippen molar-refractivity contribution >= 4 is 39.1 Å². The number of carbonyl (C=O) groups is 2. The molecule has 218 valence electrons. The summed E-state index contributed by atoms with van der Waals surface area (Å²) in [5.41, 5.74) is 2.03. The van der Waals surface area contributed by atoms with Crippen LogP contribution < -0.4 is 14.4 Å². The van der Waals surface area contributed by atoms with Crippen molar-refractivity contribution in [2.75, 3.05) is 18.0 Å². The number of rotatable bonds is 11. The molecule has 0 heterocycles. The first kappa shape index (κ1) is 30.4. The van der Waals surface area contributed by atoms with Crippen molar-refractivity contribution < 1.29 is 22.7 Å². The highest BCUT2D eigenvalue weighted by atomic mass is 35.5. The van der Waals surface area contributed by atoms with Crippen molar-refractivity contribution in [1.82, 2.24) is 10.2 Å². The number of methoxy groups -OCH3 is 1. The van der Waals surface area contributed by atoms with Gasteiger partial charge in [0, 0.05) is 17.6 Å². The maximum absolute atomic E-state index is 14.1. The normalized spacial score (nSPS) is 14.3. The number of sulfonamides is 1. The molecule has 3 aromatic rings. The van der Waals surface area contributed by atoms with Gasteiger partial charge in [0.05, 0.1) is 17.7 Å².